The number of primary amides is 2. The molecular weight excluding hydrogens is 1950 g/mol. The molecule has 25 N–H and O–H groups in total. The summed E-state index contributed by atoms with van der Waals surface area (Å²) < 4.78 is 0. The first kappa shape index (κ1) is 114. The summed E-state index contributed by atoms with van der Waals surface area (Å²) in [7, 11) is 0. The summed E-state index contributed by atoms with van der Waals surface area (Å²) in [5, 5.41) is 86.2. The lowest BCUT2D eigenvalue weighted by atomic mass is 9.71. The van der Waals surface area contributed by atoms with Crippen molar-refractivity contribution in [3.05, 3.63) is 114 Å². The molecular formula is C94H124N20O28S3. The van der Waals surface area contributed by atoms with E-state index in [0.717, 1.165) is 42.2 Å². The van der Waals surface area contributed by atoms with Crippen LogP contribution in [-0.2, 0) is 130 Å². The number of carboxylic acid groups (broad SMARTS) is 4. The quantitative estimate of drug-likeness (QED) is 0.0347. The van der Waals surface area contributed by atoms with Crippen LogP contribution in [0.5, 0.6) is 5.75 Å². The van der Waals surface area contributed by atoms with Crippen molar-refractivity contribution in [2.24, 2.45) is 33.4 Å². The Hall–Kier alpha value is -14.2. The number of carbonyl (C=O) groups excluding carboxylic acids is 19. The number of fused-ring (bicyclic) bond motifs is 48. The summed E-state index contributed by atoms with van der Waals surface area (Å²) in [5.41, 5.74) is 14.9. The van der Waals surface area contributed by atoms with Gasteiger partial charge in [-0.1, -0.05) is 106 Å². The second-order valence-electron chi connectivity index (χ2n) is 37.6. The van der Waals surface area contributed by atoms with E-state index in [1.54, 1.807) is 63.2 Å². The van der Waals surface area contributed by atoms with E-state index >= 15 is 24.0 Å². The van der Waals surface area contributed by atoms with Crippen LogP contribution in [0.4, 0.5) is 0 Å². The van der Waals surface area contributed by atoms with E-state index in [2.05, 4.69) is 74.4 Å². The van der Waals surface area contributed by atoms with E-state index in [4.69, 9.17) is 17.2 Å². The molecule has 19 amide bonds. The zero-order valence-corrected chi connectivity index (χ0v) is 82.9. The summed E-state index contributed by atoms with van der Waals surface area (Å²) in [5.74, 6) is -28.4. The van der Waals surface area contributed by atoms with Crippen molar-refractivity contribution in [1.82, 2.24) is 89.1 Å². The van der Waals surface area contributed by atoms with Crippen LogP contribution in [0.1, 0.15) is 122 Å². The van der Waals surface area contributed by atoms with Crippen molar-refractivity contribution in [3.63, 3.8) is 0 Å². The number of carboxylic acids is 4. The van der Waals surface area contributed by atoms with Crippen molar-refractivity contribution in [2.75, 3.05) is 73.8 Å². The van der Waals surface area contributed by atoms with Crippen LogP contribution in [0.25, 0.3) is 10.8 Å². The minimum absolute atomic E-state index is 0.00116. The molecule has 7 aliphatic heterocycles. The van der Waals surface area contributed by atoms with Gasteiger partial charge in [0.15, 0.2) is 0 Å². The second kappa shape index (κ2) is 52.3. The van der Waals surface area contributed by atoms with Gasteiger partial charge in [-0.2, -0.15) is 35.3 Å². The number of hydrogen-bond donors (Lipinski definition) is 22. The topological polar surface area (TPSA) is 750 Å². The Balaban J connectivity index is 1.12. The van der Waals surface area contributed by atoms with E-state index < -0.39 is 313 Å². The number of benzene rings is 4. The van der Waals surface area contributed by atoms with Gasteiger partial charge < -0.3 is 132 Å². The number of amides is 19. The smallest absolute Gasteiger partial charge is 0.305 e. The van der Waals surface area contributed by atoms with Crippen LogP contribution in [-0.4, -0.2) is 341 Å². The lowest BCUT2D eigenvalue weighted by Gasteiger charge is -2.33. The zero-order valence-electron chi connectivity index (χ0n) is 80.5. The second-order valence-corrected chi connectivity index (χ2v) is 41.0. The molecule has 0 aliphatic carbocycles. The highest BCUT2D eigenvalue weighted by Gasteiger charge is 2.69. The van der Waals surface area contributed by atoms with E-state index in [1.165, 1.54) is 83.1 Å². The number of nitrogens with two attached hydrogens (primary N) is 3. The molecule has 2 spiro atoms. The number of nitrogens with zero attached hydrogens (tertiary/aromatic N) is 3. The summed E-state index contributed by atoms with van der Waals surface area (Å²) in [4.78, 5) is 331. The van der Waals surface area contributed by atoms with Gasteiger partial charge in [0.1, 0.15) is 90.3 Å². The number of hydrogen-bond acceptors (Lipinski definition) is 28. The predicted octanol–water partition coefficient (Wildman–Crippen LogP) is -5.27. The molecule has 7 aliphatic rings. The fraction of sp³-hybridized carbons (Fsp3) is 0.521. The minimum Gasteiger partial charge on any atom is -0.508 e. The molecule has 4 aromatic carbocycles. The lowest BCUT2D eigenvalue weighted by Crippen LogP contribution is -2.62. The van der Waals surface area contributed by atoms with E-state index in [1.807, 2.05) is 0 Å². The van der Waals surface area contributed by atoms with Crippen LogP contribution in [0, 0.1) is 16.2 Å². The molecule has 4 aromatic rings. The Morgan fingerprint density at radius 3 is 1.27 bits per heavy atom. The molecule has 145 heavy (non-hydrogen) atoms. The number of nitrogens with one attached hydrogen (secondary N) is 14. The van der Waals surface area contributed by atoms with Crippen LogP contribution >= 0.6 is 35.3 Å². The molecule has 786 valence electrons. The molecule has 7 heterocycles. The minimum atomic E-state index is -2.27. The maximum atomic E-state index is 15.3. The molecule has 48 nitrogen and oxygen atoms in total. The van der Waals surface area contributed by atoms with Gasteiger partial charge in [0.25, 0.3) is 0 Å². The average Bonchev–Trinajstić information content (AvgIpc) is 1.52. The first-order chi connectivity index (χ1) is 68.4. The lowest BCUT2D eigenvalue weighted by molar-refractivity contribution is -0.142. The molecule has 0 radical (unpaired) electrons. The molecule has 11 rings (SSSR count). The highest BCUT2D eigenvalue weighted by atomic mass is 32.2. The van der Waals surface area contributed by atoms with Crippen molar-refractivity contribution < 1.29 is 136 Å². The van der Waals surface area contributed by atoms with Crippen LogP contribution in [0.3, 0.4) is 0 Å². The molecule has 3 unspecified atom stereocenters. The van der Waals surface area contributed by atoms with E-state index in [9.17, 15) is 112 Å². The molecule has 6 bridgehead atoms. The number of phenolic OH excluding ortho intramolecular Hbond substituents is 1. The monoisotopic (exact) mass is 2080 g/mol. The van der Waals surface area contributed by atoms with E-state index in [-0.39, 0.29) is 98.6 Å². The first-order valence-electron chi connectivity index (χ1n) is 46.7. The molecule has 7 saturated heterocycles. The highest BCUT2D eigenvalue weighted by Crippen LogP contribution is 2.57. The van der Waals surface area contributed by atoms with Crippen molar-refractivity contribution >= 4 is 182 Å². The van der Waals surface area contributed by atoms with Gasteiger partial charge in [0.05, 0.1) is 25.3 Å². The van der Waals surface area contributed by atoms with Crippen molar-refractivity contribution in [3.8, 4) is 5.75 Å². The third-order valence-corrected chi connectivity index (χ3v) is 28.3. The third-order valence-electron chi connectivity index (χ3n) is 25.1. The van der Waals surface area contributed by atoms with Gasteiger partial charge in [-0.15, -0.1) is 0 Å². The van der Waals surface area contributed by atoms with Crippen molar-refractivity contribution in [1.29, 1.82) is 0 Å². The maximum absolute atomic E-state index is 15.3. The largest absolute Gasteiger partial charge is 0.508 e. The molecule has 0 aromatic heterocycles. The van der Waals surface area contributed by atoms with Gasteiger partial charge in [-0.3, -0.25) is 110 Å². The number of thioether (sulfide) groups is 3. The summed E-state index contributed by atoms with van der Waals surface area (Å²) in [6.07, 6.45) is -9.01. The van der Waals surface area contributed by atoms with Crippen molar-refractivity contribution in [2.45, 2.75) is 216 Å². The van der Waals surface area contributed by atoms with Crippen LogP contribution in [0.2, 0.25) is 0 Å². The fourth-order valence-corrected chi connectivity index (χ4v) is 20.2. The Labute approximate surface area is 845 Å². The Bertz CT molecular complexity index is 5520. The van der Waals surface area contributed by atoms with Gasteiger partial charge >= 0.3 is 23.9 Å². The Morgan fingerprint density at radius 2 is 0.800 bits per heavy atom. The SMILES string of the molecule is C[C@H](N)C(=O)N[C@H]1CSCCC(=O)N2CC34CN5CC3(C2)CN(C4)C(=O)CCSC[C@@H](NC(=O)[C@@H](C)NC(=O)[C@H](Cc2cccc3ccccc23)NC(=O)[C@H](CCC(=O)O)NC(=O)[C@H](CC(N)=O)NC(=O)[C@@H](C)NC1=O)C(=O)N[C@@H](CCC(=O)O)C(=O)NC(CC(=O)O)C(=O)N[C@@H](Cc1ccccc1)C(=O)N[C@@H](Cc1ccc(O)cc1)C(=O)N[C@@H](CC(=O)O)C(=O)N[C@@H](C(C)(C)C)C(=O)N[C@H](C(N)=O)CSCCC5=O. The number of aromatic hydroxyl groups is 1. The molecule has 17 atom stereocenters. The fourth-order valence-electron chi connectivity index (χ4n) is 17.3. The summed E-state index contributed by atoms with van der Waals surface area (Å²) in [6, 6.07) is -2.56. The maximum Gasteiger partial charge on any atom is 0.305 e. The number of carbonyl (C=O) groups is 23. The standard InChI is InChI=1S/C94H124N20O28S3/c1-48(95)78(129)109-66-40-144-31-28-70(118)113-44-93-42-112-43-94(93,45-113)47-114(46-93)71(119)29-32-145-41-67(110-80(131)50(3)98-83(134)61(35-54-17-12-16-53-15-10-11-18-56(53)54)105-81(132)57(23-25-72(120)121)100-86(137)62(36-68(96)116)102-79(130)49(2)99-89(66)140)90(141)101-58(24-26-73(122)123)82(133)106-63(37-74(124)125)87(138)104-59(33-51-13-8-7-9-14-51)84(135)103-60(34-52-19-21-55(115)22-20-52)85(136)107-64(38-75(126)127)88(139)111-76(92(4,5)6)91(142)108-65(77(97)128)39-143-30-27-69(112)117/h7-22,48-50,57-67,76,115H,23-47,95H2,1-6H3,(H2,96,116)(H2,97,128)(H,98,134)(H,99,140)(H,100,137)(H,101,141)(H,102,130)(H,103,135)(H,104,138)(H,105,132)(H,106,133)(H,107,136)(H,108,142)(H,109,129)(H,110,131)(H,111,139)(H,120,121)(H,122,123)(H,124,125)(H,126,127)/t48-,49+,50+,57-,58-,59-,60-,61-,62-,63?,64-,65-,66-,67+,76+,93?,94?/m0/s1. The molecule has 51 heteroatoms. The number of aliphatic carboxylic acids is 4. The summed E-state index contributed by atoms with van der Waals surface area (Å²) in [6.45, 7) is 7.94. The Kier molecular flexibility index (Phi) is 41.3. The van der Waals surface area contributed by atoms with Gasteiger partial charge in [-0.05, 0) is 78.6 Å². The molecule has 0 saturated carbocycles. The summed E-state index contributed by atoms with van der Waals surface area (Å²) >= 11 is 2.93. The highest BCUT2D eigenvalue weighted by molar-refractivity contribution is 7.99. The van der Waals surface area contributed by atoms with Gasteiger partial charge in [0.2, 0.25) is 112 Å². The third kappa shape index (κ3) is 33.2. The average molecular weight is 2080 g/mol. The normalized spacial score (nSPS) is 26.8. The zero-order chi connectivity index (χ0) is 107. The van der Waals surface area contributed by atoms with E-state index in [0.29, 0.717) is 21.9 Å². The van der Waals surface area contributed by atoms with Gasteiger partial charge in [0, 0.05) is 136 Å². The van der Waals surface area contributed by atoms with Crippen LogP contribution < -0.4 is 91.6 Å². The predicted molar refractivity (Wildman–Crippen MR) is 523 cm³/mol. The Morgan fingerprint density at radius 1 is 0.414 bits per heavy atom. The number of rotatable bonds is 21. The van der Waals surface area contributed by atoms with Crippen LogP contribution in [0.15, 0.2) is 97.1 Å². The van der Waals surface area contributed by atoms with Gasteiger partial charge in [-0.25, -0.2) is 0 Å². The first-order valence-corrected chi connectivity index (χ1v) is 50.2. The number of phenols is 1. The molecule has 7 fully saturated rings.